The van der Waals surface area contributed by atoms with Gasteiger partial charge in [-0.15, -0.1) is 0 Å². The van der Waals surface area contributed by atoms with Crippen LogP contribution in [0.1, 0.15) is 37.6 Å². The number of carbonyl (C=O) groups excluding carboxylic acids is 1. The van der Waals surface area contributed by atoms with Gasteiger partial charge in [0.15, 0.2) is 11.5 Å². The summed E-state index contributed by atoms with van der Waals surface area (Å²) in [6, 6.07) is 4.86. The van der Waals surface area contributed by atoms with E-state index in [9.17, 15) is 9.90 Å². The number of esters is 1. The Morgan fingerprint density at radius 3 is 2.42 bits per heavy atom. The molecule has 0 aromatic heterocycles. The molecule has 1 atom stereocenters. The average Bonchev–Trinajstić information content (AvgIpc) is 2.52. The summed E-state index contributed by atoms with van der Waals surface area (Å²) in [5, 5.41) is 9.83. The number of benzene rings is 1. The number of methoxy groups -OCH3 is 2. The highest BCUT2D eigenvalue weighted by Crippen LogP contribution is 2.27. The fourth-order valence-corrected chi connectivity index (χ4v) is 2.16. The highest BCUT2D eigenvalue weighted by Gasteiger charge is 2.11. The number of aliphatic hydroxyl groups is 1. The molecule has 0 saturated carbocycles. The van der Waals surface area contributed by atoms with Gasteiger partial charge in [-0.25, -0.2) is 4.79 Å². The second-order valence-corrected chi connectivity index (χ2v) is 5.73. The molecule has 0 radical (unpaired) electrons. The lowest BCUT2D eigenvalue weighted by atomic mass is 10.1. The molecular formula is C19H26O5. The topological polar surface area (TPSA) is 65.0 Å². The lowest BCUT2D eigenvalue weighted by molar-refractivity contribution is 0.0548. The maximum atomic E-state index is 12.1. The van der Waals surface area contributed by atoms with E-state index in [0.717, 1.165) is 11.1 Å². The van der Waals surface area contributed by atoms with Crippen molar-refractivity contribution in [2.75, 3.05) is 20.8 Å². The zero-order chi connectivity index (χ0) is 18.1. The zero-order valence-electron chi connectivity index (χ0n) is 15.0. The molecule has 1 unspecified atom stereocenters. The largest absolute Gasteiger partial charge is 0.493 e. The van der Waals surface area contributed by atoms with Crippen molar-refractivity contribution < 1.29 is 24.1 Å². The van der Waals surface area contributed by atoms with E-state index in [1.807, 2.05) is 20.8 Å². The quantitative estimate of drug-likeness (QED) is 0.582. The van der Waals surface area contributed by atoms with E-state index in [0.29, 0.717) is 23.5 Å². The molecule has 0 bridgehead atoms. The van der Waals surface area contributed by atoms with Gasteiger partial charge in [0.1, 0.15) is 6.61 Å². The minimum Gasteiger partial charge on any atom is -0.493 e. The summed E-state index contributed by atoms with van der Waals surface area (Å²) >= 11 is 0. The van der Waals surface area contributed by atoms with Gasteiger partial charge in [0.25, 0.3) is 0 Å². The summed E-state index contributed by atoms with van der Waals surface area (Å²) in [5.41, 5.74) is 2.42. The Labute approximate surface area is 143 Å². The lowest BCUT2D eigenvalue weighted by Crippen LogP contribution is -2.07. The van der Waals surface area contributed by atoms with E-state index in [2.05, 4.69) is 0 Å². The van der Waals surface area contributed by atoms with E-state index >= 15 is 0 Å². The first-order valence-corrected chi connectivity index (χ1v) is 7.75. The van der Waals surface area contributed by atoms with Crippen molar-refractivity contribution in [2.24, 2.45) is 0 Å². The number of ether oxygens (including phenoxy) is 3. The van der Waals surface area contributed by atoms with Crippen LogP contribution in [0.25, 0.3) is 0 Å². The number of allylic oxidation sites excluding steroid dienone is 1. The van der Waals surface area contributed by atoms with Crippen LogP contribution < -0.4 is 9.47 Å². The molecule has 1 rings (SSSR count). The van der Waals surface area contributed by atoms with Crippen LogP contribution in [0.15, 0.2) is 41.5 Å². The summed E-state index contributed by atoms with van der Waals surface area (Å²) in [6.07, 6.45) is 3.58. The summed E-state index contributed by atoms with van der Waals surface area (Å²) < 4.78 is 15.5. The Morgan fingerprint density at radius 2 is 1.83 bits per heavy atom. The molecule has 1 aromatic carbocycles. The zero-order valence-corrected chi connectivity index (χ0v) is 15.0. The van der Waals surface area contributed by atoms with Gasteiger partial charge in [-0.3, -0.25) is 0 Å². The second-order valence-electron chi connectivity index (χ2n) is 5.73. The third kappa shape index (κ3) is 6.46. The molecule has 0 aliphatic heterocycles. The standard InChI is InChI=1S/C19H26O5/c1-13(2)10-16(20)11-14(3)8-9-24-19(21)15-6-7-17(22-4)18(12-15)23-5/h6-8,10,12,16,20H,9,11H2,1-5H3. The van der Waals surface area contributed by atoms with Crippen LogP contribution in [0.4, 0.5) is 0 Å². The smallest absolute Gasteiger partial charge is 0.338 e. The summed E-state index contributed by atoms with van der Waals surface area (Å²) in [5.74, 6) is 0.589. The van der Waals surface area contributed by atoms with Gasteiger partial charge in [0.2, 0.25) is 0 Å². The Bertz CT molecular complexity index is 612. The van der Waals surface area contributed by atoms with Crippen LogP contribution in [-0.4, -0.2) is 38.0 Å². The molecule has 0 fully saturated rings. The lowest BCUT2D eigenvalue weighted by Gasteiger charge is -2.10. The summed E-state index contributed by atoms with van der Waals surface area (Å²) in [4.78, 5) is 12.1. The number of hydrogen-bond donors (Lipinski definition) is 1. The van der Waals surface area contributed by atoms with Crippen LogP contribution >= 0.6 is 0 Å². The van der Waals surface area contributed by atoms with Crippen LogP contribution in [-0.2, 0) is 4.74 Å². The highest BCUT2D eigenvalue weighted by molar-refractivity contribution is 5.90. The van der Waals surface area contributed by atoms with Crippen LogP contribution in [0.3, 0.4) is 0 Å². The fraction of sp³-hybridized carbons (Fsp3) is 0.421. The van der Waals surface area contributed by atoms with Crippen molar-refractivity contribution >= 4 is 5.97 Å². The fourth-order valence-electron chi connectivity index (χ4n) is 2.16. The minimum atomic E-state index is -0.521. The summed E-state index contributed by atoms with van der Waals surface area (Å²) in [7, 11) is 3.05. The molecule has 0 spiro atoms. The van der Waals surface area contributed by atoms with E-state index in [1.54, 1.807) is 30.4 Å². The molecule has 0 saturated heterocycles. The Balaban J connectivity index is 2.60. The normalized spacial score (nSPS) is 12.3. The maximum absolute atomic E-state index is 12.1. The van der Waals surface area contributed by atoms with Gasteiger partial charge in [0, 0.05) is 0 Å². The van der Waals surface area contributed by atoms with Crippen LogP contribution in [0.2, 0.25) is 0 Å². The Kier molecular flexibility index (Phi) is 8.06. The van der Waals surface area contributed by atoms with Crippen molar-refractivity contribution in [3.05, 3.63) is 47.1 Å². The molecule has 24 heavy (non-hydrogen) atoms. The molecule has 1 aromatic rings. The number of rotatable bonds is 8. The van der Waals surface area contributed by atoms with Crippen molar-refractivity contribution in [3.63, 3.8) is 0 Å². The molecule has 0 amide bonds. The predicted molar refractivity (Wildman–Crippen MR) is 93.6 cm³/mol. The van der Waals surface area contributed by atoms with Gasteiger partial charge in [-0.05, 0) is 51.5 Å². The van der Waals surface area contributed by atoms with E-state index < -0.39 is 12.1 Å². The minimum absolute atomic E-state index is 0.153. The first-order valence-electron chi connectivity index (χ1n) is 7.75. The number of hydrogen-bond acceptors (Lipinski definition) is 5. The molecule has 5 heteroatoms. The third-order valence-corrected chi connectivity index (χ3v) is 3.32. The van der Waals surface area contributed by atoms with Gasteiger partial charge in [-0.1, -0.05) is 17.2 Å². The van der Waals surface area contributed by atoms with E-state index in [-0.39, 0.29) is 6.61 Å². The number of carbonyl (C=O) groups is 1. The monoisotopic (exact) mass is 334 g/mol. The highest BCUT2D eigenvalue weighted by atomic mass is 16.5. The molecule has 132 valence electrons. The van der Waals surface area contributed by atoms with E-state index in [1.165, 1.54) is 14.2 Å². The molecule has 0 heterocycles. The third-order valence-electron chi connectivity index (χ3n) is 3.32. The second kappa shape index (κ2) is 9.78. The van der Waals surface area contributed by atoms with Crippen molar-refractivity contribution in [1.29, 1.82) is 0 Å². The Morgan fingerprint density at radius 1 is 1.17 bits per heavy atom. The molecular weight excluding hydrogens is 308 g/mol. The van der Waals surface area contributed by atoms with E-state index in [4.69, 9.17) is 14.2 Å². The predicted octanol–water partition coefficient (Wildman–Crippen LogP) is 3.52. The van der Waals surface area contributed by atoms with Gasteiger partial charge >= 0.3 is 5.97 Å². The van der Waals surface area contributed by atoms with Gasteiger partial charge in [-0.2, -0.15) is 0 Å². The molecule has 5 nitrogen and oxygen atoms in total. The first-order chi connectivity index (χ1) is 11.4. The SMILES string of the molecule is COc1ccc(C(=O)OCC=C(C)CC(O)C=C(C)C)cc1OC. The van der Waals surface area contributed by atoms with Crippen molar-refractivity contribution in [3.8, 4) is 11.5 Å². The molecule has 0 aliphatic rings. The maximum Gasteiger partial charge on any atom is 0.338 e. The average molecular weight is 334 g/mol. The van der Waals surface area contributed by atoms with Gasteiger partial charge in [0.05, 0.1) is 25.9 Å². The van der Waals surface area contributed by atoms with Crippen LogP contribution in [0.5, 0.6) is 11.5 Å². The van der Waals surface area contributed by atoms with Gasteiger partial charge < -0.3 is 19.3 Å². The van der Waals surface area contributed by atoms with Crippen molar-refractivity contribution in [2.45, 2.75) is 33.3 Å². The van der Waals surface area contributed by atoms with Crippen LogP contribution in [0, 0.1) is 0 Å². The molecule has 0 aliphatic carbocycles. The van der Waals surface area contributed by atoms with Crippen molar-refractivity contribution in [1.82, 2.24) is 0 Å². The first kappa shape index (κ1) is 19.8. The number of aliphatic hydroxyl groups excluding tert-OH is 1. The summed E-state index contributed by atoms with van der Waals surface area (Å²) in [6.45, 7) is 5.92. The Hall–Kier alpha value is -2.27. The molecule has 1 N–H and O–H groups in total.